The summed E-state index contributed by atoms with van der Waals surface area (Å²) >= 11 is 5.76. The zero-order chi connectivity index (χ0) is 12.6. The molecule has 6 heteroatoms. The molecule has 1 heterocycles. The predicted octanol–water partition coefficient (Wildman–Crippen LogP) is 2.58. The Labute approximate surface area is 101 Å². The zero-order valence-corrected chi connectivity index (χ0v) is 9.50. The molecule has 0 amide bonds. The van der Waals surface area contributed by atoms with Gasteiger partial charge in [0.25, 0.3) is 0 Å². The lowest BCUT2D eigenvalue weighted by molar-refractivity contribution is 0.102. The highest BCUT2D eigenvalue weighted by molar-refractivity contribution is 6.34. The lowest BCUT2D eigenvalue weighted by Gasteiger charge is -2.04. The molecule has 0 bridgehead atoms. The molecule has 0 saturated carbocycles. The van der Waals surface area contributed by atoms with E-state index < -0.39 is 17.4 Å². The van der Waals surface area contributed by atoms with Crippen molar-refractivity contribution < 1.29 is 13.6 Å². The number of carbonyl (C=O) groups is 1. The highest BCUT2D eigenvalue weighted by Crippen LogP contribution is 2.20. The topological polar surface area (TPSA) is 34.9 Å². The summed E-state index contributed by atoms with van der Waals surface area (Å²) in [4.78, 5) is 12.0. The molecule has 88 valence electrons. The second kappa shape index (κ2) is 4.25. The SMILES string of the molecule is Cn1ncc(Cl)c1C(=O)c1cc(F)ccc1F. The minimum atomic E-state index is -0.798. The van der Waals surface area contributed by atoms with Crippen molar-refractivity contribution >= 4 is 17.4 Å². The first kappa shape index (κ1) is 11.7. The summed E-state index contributed by atoms with van der Waals surface area (Å²) in [7, 11) is 1.50. The molecule has 0 fully saturated rings. The van der Waals surface area contributed by atoms with E-state index in [0.29, 0.717) is 0 Å². The molecule has 0 aliphatic carbocycles. The van der Waals surface area contributed by atoms with Crippen molar-refractivity contribution in [1.29, 1.82) is 0 Å². The number of aromatic nitrogens is 2. The van der Waals surface area contributed by atoms with Gasteiger partial charge in [0.15, 0.2) is 0 Å². The highest BCUT2D eigenvalue weighted by atomic mass is 35.5. The first-order chi connectivity index (χ1) is 8.00. The van der Waals surface area contributed by atoms with Crippen LogP contribution in [0.5, 0.6) is 0 Å². The fraction of sp³-hybridized carbons (Fsp3) is 0.0909. The quantitative estimate of drug-likeness (QED) is 0.774. The number of rotatable bonds is 2. The lowest BCUT2D eigenvalue weighted by atomic mass is 10.1. The van der Waals surface area contributed by atoms with Crippen LogP contribution in [0.25, 0.3) is 0 Å². The Kier molecular flexibility index (Phi) is 2.93. The first-order valence-corrected chi connectivity index (χ1v) is 5.05. The summed E-state index contributed by atoms with van der Waals surface area (Å²) in [5.41, 5.74) is -0.341. The van der Waals surface area contributed by atoms with E-state index in [-0.39, 0.29) is 16.3 Å². The lowest BCUT2D eigenvalue weighted by Crippen LogP contribution is -2.11. The van der Waals surface area contributed by atoms with Crippen LogP contribution in [0.3, 0.4) is 0 Å². The van der Waals surface area contributed by atoms with E-state index in [1.807, 2.05) is 0 Å². The minimum absolute atomic E-state index is 0.0242. The zero-order valence-electron chi connectivity index (χ0n) is 8.75. The largest absolute Gasteiger partial charge is 0.287 e. The van der Waals surface area contributed by atoms with Gasteiger partial charge in [-0.1, -0.05) is 11.6 Å². The second-order valence-electron chi connectivity index (χ2n) is 3.42. The maximum atomic E-state index is 13.4. The van der Waals surface area contributed by atoms with Gasteiger partial charge in [0.1, 0.15) is 17.3 Å². The summed E-state index contributed by atoms with van der Waals surface area (Å²) in [6.45, 7) is 0. The first-order valence-electron chi connectivity index (χ1n) is 4.68. The van der Waals surface area contributed by atoms with Crippen LogP contribution in [0.2, 0.25) is 5.02 Å². The molecule has 0 atom stereocenters. The molecular formula is C11H7ClF2N2O. The molecule has 3 nitrogen and oxygen atoms in total. The van der Waals surface area contributed by atoms with Gasteiger partial charge in [-0.3, -0.25) is 9.48 Å². The Morgan fingerprint density at radius 3 is 2.71 bits per heavy atom. The van der Waals surface area contributed by atoms with E-state index in [4.69, 9.17) is 11.6 Å². The number of hydrogen-bond donors (Lipinski definition) is 0. The van der Waals surface area contributed by atoms with Crippen molar-refractivity contribution in [3.8, 4) is 0 Å². The highest BCUT2D eigenvalue weighted by Gasteiger charge is 2.21. The van der Waals surface area contributed by atoms with Gasteiger partial charge in [-0.2, -0.15) is 5.10 Å². The fourth-order valence-corrected chi connectivity index (χ4v) is 1.72. The maximum Gasteiger partial charge on any atom is 0.215 e. The van der Waals surface area contributed by atoms with Gasteiger partial charge >= 0.3 is 0 Å². The van der Waals surface area contributed by atoms with Crippen molar-refractivity contribution in [3.05, 3.63) is 52.3 Å². The van der Waals surface area contributed by atoms with Crippen molar-refractivity contribution in [3.63, 3.8) is 0 Å². The Hall–Kier alpha value is -1.75. The number of benzene rings is 1. The van der Waals surface area contributed by atoms with Gasteiger partial charge in [0, 0.05) is 7.05 Å². The van der Waals surface area contributed by atoms with Crippen LogP contribution >= 0.6 is 11.6 Å². The number of aryl methyl sites for hydroxylation is 1. The Morgan fingerprint density at radius 2 is 2.12 bits per heavy atom. The van der Waals surface area contributed by atoms with E-state index >= 15 is 0 Å². The molecule has 17 heavy (non-hydrogen) atoms. The van der Waals surface area contributed by atoms with Crippen molar-refractivity contribution in [2.24, 2.45) is 7.05 Å². The van der Waals surface area contributed by atoms with Crippen LogP contribution in [0, 0.1) is 11.6 Å². The number of ketones is 1. The van der Waals surface area contributed by atoms with E-state index in [0.717, 1.165) is 18.2 Å². The average molecular weight is 257 g/mol. The number of nitrogens with zero attached hydrogens (tertiary/aromatic N) is 2. The van der Waals surface area contributed by atoms with Gasteiger partial charge < -0.3 is 0 Å². The van der Waals surface area contributed by atoms with Crippen LogP contribution in [-0.4, -0.2) is 15.6 Å². The fourth-order valence-electron chi connectivity index (χ4n) is 1.47. The van der Waals surface area contributed by atoms with Crippen LogP contribution in [0.1, 0.15) is 16.1 Å². The van der Waals surface area contributed by atoms with Crippen molar-refractivity contribution in [1.82, 2.24) is 9.78 Å². The Balaban J connectivity index is 2.55. The van der Waals surface area contributed by atoms with E-state index in [1.165, 1.54) is 17.9 Å². The smallest absolute Gasteiger partial charge is 0.215 e. The van der Waals surface area contributed by atoms with E-state index in [9.17, 15) is 13.6 Å². The Bertz CT molecular complexity index is 576. The molecule has 0 spiro atoms. The number of carbonyl (C=O) groups excluding carboxylic acids is 1. The van der Waals surface area contributed by atoms with Gasteiger partial charge in [-0.15, -0.1) is 0 Å². The van der Waals surface area contributed by atoms with Crippen LogP contribution < -0.4 is 0 Å². The minimum Gasteiger partial charge on any atom is -0.287 e. The average Bonchev–Trinajstić information content (AvgIpc) is 2.61. The third-order valence-corrected chi connectivity index (χ3v) is 2.56. The summed E-state index contributed by atoms with van der Waals surface area (Å²) in [6.07, 6.45) is 1.27. The predicted molar refractivity (Wildman–Crippen MR) is 58.0 cm³/mol. The monoisotopic (exact) mass is 256 g/mol. The molecule has 0 unspecified atom stereocenters. The molecule has 0 saturated heterocycles. The normalized spacial score (nSPS) is 10.6. The molecule has 0 N–H and O–H groups in total. The summed E-state index contributed by atoms with van der Waals surface area (Å²) in [5.74, 6) is -2.19. The van der Waals surface area contributed by atoms with E-state index in [1.54, 1.807) is 0 Å². The van der Waals surface area contributed by atoms with Crippen LogP contribution in [0.4, 0.5) is 8.78 Å². The molecular weight excluding hydrogens is 250 g/mol. The Morgan fingerprint density at radius 1 is 1.41 bits per heavy atom. The molecule has 2 aromatic rings. The summed E-state index contributed by atoms with van der Waals surface area (Å²) in [5, 5.41) is 3.86. The third kappa shape index (κ3) is 2.06. The summed E-state index contributed by atoms with van der Waals surface area (Å²) < 4.78 is 27.6. The molecule has 0 radical (unpaired) electrons. The van der Waals surface area contributed by atoms with Crippen LogP contribution in [-0.2, 0) is 7.05 Å². The number of hydrogen-bond acceptors (Lipinski definition) is 2. The second-order valence-corrected chi connectivity index (χ2v) is 3.83. The van der Waals surface area contributed by atoms with Crippen LogP contribution in [0.15, 0.2) is 24.4 Å². The molecule has 0 aliphatic heterocycles. The van der Waals surface area contributed by atoms with Gasteiger partial charge in [0.2, 0.25) is 5.78 Å². The summed E-state index contributed by atoms with van der Waals surface area (Å²) in [6, 6.07) is 2.67. The van der Waals surface area contributed by atoms with Gasteiger partial charge in [0.05, 0.1) is 16.8 Å². The number of halogens is 3. The molecule has 0 aliphatic rings. The van der Waals surface area contributed by atoms with Crippen molar-refractivity contribution in [2.75, 3.05) is 0 Å². The van der Waals surface area contributed by atoms with Gasteiger partial charge in [-0.05, 0) is 18.2 Å². The molecule has 1 aromatic heterocycles. The van der Waals surface area contributed by atoms with Crippen molar-refractivity contribution in [2.45, 2.75) is 0 Å². The third-order valence-electron chi connectivity index (χ3n) is 2.28. The van der Waals surface area contributed by atoms with E-state index in [2.05, 4.69) is 5.10 Å². The molecule has 1 aromatic carbocycles. The standard InChI is InChI=1S/C11H7ClF2N2O/c1-16-10(8(12)5-15-16)11(17)7-4-6(13)2-3-9(7)14/h2-5H,1H3. The molecule has 2 rings (SSSR count). The van der Waals surface area contributed by atoms with Gasteiger partial charge in [-0.25, -0.2) is 8.78 Å². The maximum absolute atomic E-state index is 13.4.